The van der Waals surface area contributed by atoms with Gasteiger partial charge in [-0.05, 0) is 44.2 Å². The van der Waals surface area contributed by atoms with E-state index in [1.807, 2.05) is 18.7 Å². The lowest BCUT2D eigenvalue weighted by molar-refractivity contribution is -0.132. The van der Waals surface area contributed by atoms with Crippen LogP contribution in [0.15, 0.2) is 23.2 Å². The van der Waals surface area contributed by atoms with Crippen molar-refractivity contribution in [2.45, 2.75) is 69.7 Å². The molecule has 1 amide bonds. The number of anilines is 1. The molecule has 7 nitrogen and oxygen atoms in total. The van der Waals surface area contributed by atoms with Crippen LogP contribution in [-0.2, 0) is 14.8 Å². The third-order valence-corrected chi connectivity index (χ3v) is 7.58. The van der Waals surface area contributed by atoms with E-state index in [0.717, 1.165) is 31.7 Å². The van der Waals surface area contributed by atoms with Crippen molar-refractivity contribution >= 4 is 21.7 Å². The maximum atomic E-state index is 12.5. The molecule has 0 radical (unpaired) electrons. The molecule has 1 saturated carbocycles. The molecule has 2 heterocycles. The summed E-state index contributed by atoms with van der Waals surface area (Å²) in [5, 5.41) is 0. The SMILES string of the molecule is CCCC(C)NS(=O)(=O)c1ccc(N2CCN(C(=O)CC3CCCC3)CC2)nc1. The van der Waals surface area contributed by atoms with E-state index in [-0.39, 0.29) is 16.8 Å². The molecular formula is C21H34N4O3S. The van der Waals surface area contributed by atoms with Gasteiger partial charge in [0.15, 0.2) is 0 Å². The van der Waals surface area contributed by atoms with E-state index < -0.39 is 10.0 Å². The highest BCUT2D eigenvalue weighted by atomic mass is 32.2. The molecule has 0 spiro atoms. The summed E-state index contributed by atoms with van der Waals surface area (Å²) in [5.74, 6) is 1.61. The molecular weight excluding hydrogens is 388 g/mol. The van der Waals surface area contributed by atoms with E-state index in [0.29, 0.717) is 25.4 Å². The van der Waals surface area contributed by atoms with Crippen molar-refractivity contribution in [1.82, 2.24) is 14.6 Å². The quantitative estimate of drug-likeness (QED) is 0.697. The van der Waals surface area contributed by atoms with Gasteiger partial charge in [0.25, 0.3) is 0 Å². The number of sulfonamides is 1. The fourth-order valence-corrected chi connectivity index (χ4v) is 5.54. The first-order chi connectivity index (χ1) is 13.9. The van der Waals surface area contributed by atoms with Gasteiger partial charge >= 0.3 is 0 Å². The van der Waals surface area contributed by atoms with E-state index in [1.54, 1.807) is 12.1 Å². The number of hydrogen-bond donors (Lipinski definition) is 1. The number of nitrogens with zero attached hydrogens (tertiary/aromatic N) is 3. The van der Waals surface area contributed by atoms with Crippen molar-refractivity contribution in [3.8, 4) is 0 Å². The monoisotopic (exact) mass is 422 g/mol. The zero-order valence-corrected chi connectivity index (χ0v) is 18.5. The number of rotatable bonds is 8. The van der Waals surface area contributed by atoms with Crippen molar-refractivity contribution < 1.29 is 13.2 Å². The van der Waals surface area contributed by atoms with Gasteiger partial charge in [0.05, 0.1) is 0 Å². The van der Waals surface area contributed by atoms with E-state index in [9.17, 15) is 13.2 Å². The predicted molar refractivity (Wildman–Crippen MR) is 114 cm³/mol. The number of piperazine rings is 1. The van der Waals surface area contributed by atoms with Crippen LogP contribution >= 0.6 is 0 Å². The lowest BCUT2D eigenvalue weighted by Gasteiger charge is -2.36. The topological polar surface area (TPSA) is 82.6 Å². The molecule has 1 aliphatic carbocycles. The third kappa shape index (κ3) is 5.92. The van der Waals surface area contributed by atoms with Crippen molar-refractivity contribution in [3.63, 3.8) is 0 Å². The summed E-state index contributed by atoms with van der Waals surface area (Å²) < 4.78 is 27.6. The lowest BCUT2D eigenvalue weighted by Crippen LogP contribution is -2.49. The number of aromatic nitrogens is 1. The van der Waals surface area contributed by atoms with Crippen molar-refractivity contribution in [3.05, 3.63) is 18.3 Å². The summed E-state index contributed by atoms with van der Waals surface area (Å²) in [6.45, 7) is 6.74. The minimum Gasteiger partial charge on any atom is -0.353 e. The summed E-state index contributed by atoms with van der Waals surface area (Å²) >= 11 is 0. The van der Waals surface area contributed by atoms with Gasteiger partial charge < -0.3 is 9.80 Å². The maximum Gasteiger partial charge on any atom is 0.242 e. The predicted octanol–water partition coefficient (Wildman–Crippen LogP) is 2.78. The Morgan fingerprint density at radius 3 is 2.48 bits per heavy atom. The molecule has 1 aromatic rings. The number of amides is 1. The molecule has 1 aromatic heterocycles. The first kappa shape index (κ1) is 22.0. The molecule has 1 atom stereocenters. The number of hydrogen-bond acceptors (Lipinski definition) is 5. The Balaban J connectivity index is 1.52. The van der Waals surface area contributed by atoms with E-state index >= 15 is 0 Å². The zero-order valence-electron chi connectivity index (χ0n) is 17.6. The van der Waals surface area contributed by atoms with E-state index in [1.165, 1.54) is 31.9 Å². The summed E-state index contributed by atoms with van der Waals surface area (Å²) in [6.07, 6.45) is 8.74. The van der Waals surface area contributed by atoms with Crippen LogP contribution in [0.3, 0.4) is 0 Å². The highest BCUT2D eigenvalue weighted by molar-refractivity contribution is 7.89. The normalized spacial score (nSPS) is 19.5. The molecule has 0 aromatic carbocycles. The summed E-state index contributed by atoms with van der Waals surface area (Å²) in [6, 6.07) is 3.27. The minimum absolute atomic E-state index is 0.0977. The van der Waals surface area contributed by atoms with Gasteiger partial charge in [0, 0.05) is 44.8 Å². The lowest BCUT2D eigenvalue weighted by atomic mass is 10.0. The van der Waals surface area contributed by atoms with Gasteiger partial charge in [-0.2, -0.15) is 0 Å². The molecule has 3 rings (SSSR count). The van der Waals surface area contributed by atoms with Gasteiger partial charge in [0.1, 0.15) is 10.7 Å². The van der Waals surface area contributed by atoms with Crippen LogP contribution in [0.4, 0.5) is 5.82 Å². The van der Waals surface area contributed by atoms with Gasteiger partial charge in [-0.25, -0.2) is 18.1 Å². The van der Waals surface area contributed by atoms with Crippen LogP contribution in [0.5, 0.6) is 0 Å². The molecule has 1 saturated heterocycles. The Morgan fingerprint density at radius 2 is 1.90 bits per heavy atom. The maximum absolute atomic E-state index is 12.5. The minimum atomic E-state index is -3.54. The number of nitrogens with one attached hydrogen (secondary N) is 1. The van der Waals surface area contributed by atoms with Crippen molar-refractivity contribution in [1.29, 1.82) is 0 Å². The Kier molecular flexibility index (Phi) is 7.51. The van der Waals surface area contributed by atoms with Crippen LogP contribution in [-0.4, -0.2) is 56.4 Å². The van der Waals surface area contributed by atoms with E-state index in [2.05, 4.69) is 14.6 Å². The first-order valence-electron chi connectivity index (χ1n) is 10.9. The Labute approximate surface area is 174 Å². The third-order valence-electron chi connectivity index (χ3n) is 6.00. The van der Waals surface area contributed by atoms with Crippen LogP contribution in [0, 0.1) is 5.92 Å². The van der Waals surface area contributed by atoms with Crippen molar-refractivity contribution in [2.75, 3.05) is 31.1 Å². The van der Waals surface area contributed by atoms with Crippen LogP contribution in [0.25, 0.3) is 0 Å². The molecule has 2 aliphatic rings. The molecule has 29 heavy (non-hydrogen) atoms. The zero-order chi connectivity index (χ0) is 20.9. The molecule has 1 unspecified atom stereocenters. The van der Waals surface area contributed by atoms with Crippen LogP contribution in [0.1, 0.15) is 58.8 Å². The fraction of sp³-hybridized carbons (Fsp3) is 0.714. The standard InChI is InChI=1S/C21H34N4O3S/c1-3-6-17(2)23-29(27,28)19-9-10-20(22-16-19)24-11-13-25(14-12-24)21(26)15-18-7-4-5-8-18/h9-10,16-18,23H,3-8,11-15H2,1-2H3. The van der Waals surface area contributed by atoms with Gasteiger partial charge in [-0.15, -0.1) is 0 Å². The van der Waals surface area contributed by atoms with Crippen molar-refractivity contribution in [2.24, 2.45) is 5.92 Å². The van der Waals surface area contributed by atoms with Gasteiger partial charge in [0.2, 0.25) is 15.9 Å². The molecule has 0 bridgehead atoms. The number of carbonyl (C=O) groups is 1. The first-order valence-corrected chi connectivity index (χ1v) is 12.4. The second kappa shape index (κ2) is 9.89. The average Bonchev–Trinajstić information content (AvgIpc) is 3.21. The second-order valence-corrected chi connectivity index (χ2v) is 10.1. The highest BCUT2D eigenvalue weighted by Crippen LogP contribution is 2.28. The largest absolute Gasteiger partial charge is 0.353 e. The number of pyridine rings is 1. The summed E-state index contributed by atoms with van der Waals surface area (Å²) in [5.41, 5.74) is 0. The molecule has 2 fully saturated rings. The number of carbonyl (C=O) groups excluding carboxylic acids is 1. The Morgan fingerprint density at radius 1 is 1.21 bits per heavy atom. The van der Waals surface area contributed by atoms with Crippen LogP contribution in [0.2, 0.25) is 0 Å². The summed E-state index contributed by atoms with van der Waals surface area (Å²) in [7, 11) is -3.54. The second-order valence-electron chi connectivity index (χ2n) is 8.39. The summed E-state index contributed by atoms with van der Waals surface area (Å²) in [4.78, 5) is 21.2. The molecule has 1 aliphatic heterocycles. The Hall–Kier alpha value is -1.67. The van der Waals surface area contributed by atoms with Crippen LogP contribution < -0.4 is 9.62 Å². The van der Waals surface area contributed by atoms with Gasteiger partial charge in [-0.3, -0.25) is 4.79 Å². The molecule has 162 valence electrons. The van der Waals surface area contributed by atoms with Gasteiger partial charge in [-0.1, -0.05) is 26.2 Å². The average molecular weight is 423 g/mol. The highest BCUT2D eigenvalue weighted by Gasteiger charge is 2.26. The molecule has 8 heteroatoms. The Bertz CT molecular complexity index is 768. The smallest absolute Gasteiger partial charge is 0.242 e. The van der Waals surface area contributed by atoms with E-state index in [4.69, 9.17) is 0 Å². The molecule has 1 N–H and O–H groups in total. The fourth-order valence-electron chi connectivity index (χ4n) is 4.32.